The van der Waals surface area contributed by atoms with Crippen LogP contribution in [0.25, 0.3) is 11.3 Å². The van der Waals surface area contributed by atoms with E-state index in [0.29, 0.717) is 24.4 Å². The number of aryl methyl sites for hydroxylation is 1. The zero-order chi connectivity index (χ0) is 22.3. The Kier molecular flexibility index (Phi) is 7.18. The third-order valence-electron chi connectivity index (χ3n) is 5.57. The molecular weight excluding hydrogens is 413 g/mol. The van der Waals surface area contributed by atoms with Gasteiger partial charge in [-0.1, -0.05) is 11.3 Å². The summed E-state index contributed by atoms with van der Waals surface area (Å²) in [5, 5.41) is 21.0. The first kappa shape index (κ1) is 22.0. The lowest BCUT2D eigenvalue weighted by Crippen LogP contribution is -2.51. The molecular formula is C23H26FN5O3. The summed E-state index contributed by atoms with van der Waals surface area (Å²) >= 11 is 0. The minimum absolute atomic E-state index is 0.0467. The first-order chi connectivity index (χ1) is 15.6. The van der Waals surface area contributed by atoms with Crippen molar-refractivity contribution in [3.63, 3.8) is 0 Å². The number of carbonyl (C=O) groups excluding carboxylic acids is 1. The highest BCUT2D eigenvalue weighted by molar-refractivity contribution is 5.78. The molecule has 0 spiro atoms. The number of aliphatic hydroxyl groups excluding tert-OH is 1. The molecule has 1 saturated heterocycles. The Bertz CT molecular complexity index is 1010. The Morgan fingerprint density at radius 2 is 2.06 bits per heavy atom. The number of pyridine rings is 1. The van der Waals surface area contributed by atoms with Crippen molar-refractivity contribution in [1.29, 1.82) is 0 Å². The maximum absolute atomic E-state index is 13.1. The van der Waals surface area contributed by atoms with Gasteiger partial charge in [-0.3, -0.25) is 14.5 Å². The van der Waals surface area contributed by atoms with Gasteiger partial charge in [0.25, 0.3) is 0 Å². The smallest absolute Gasteiger partial charge is 0.226 e. The Morgan fingerprint density at radius 1 is 1.22 bits per heavy atom. The van der Waals surface area contributed by atoms with Crippen LogP contribution >= 0.6 is 0 Å². The molecule has 0 unspecified atom stereocenters. The van der Waals surface area contributed by atoms with E-state index in [-0.39, 0.29) is 36.9 Å². The zero-order valence-electron chi connectivity index (χ0n) is 17.6. The van der Waals surface area contributed by atoms with Crippen LogP contribution in [0.2, 0.25) is 0 Å². The van der Waals surface area contributed by atoms with Crippen LogP contribution in [0, 0.1) is 5.82 Å². The number of halogens is 1. The van der Waals surface area contributed by atoms with Crippen LogP contribution in [0.4, 0.5) is 4.39 Å². The number of nitrogens with one attached hydrogen (secondary N) is 1. The number of nitrogens with zero attached hydrogens (tertiary/aromatic N) is 4. The number of ether oxygens (including phenoxy) is 1. The molecule has 32 heavy (non-hydrogen) atoms. The number of aromatic nitrogens is 4. The van der Waals surface area contributed by atoms with E-state index in [2.05, 4.69) is 20.6 Å². The molecule has 0 aliphatic carbocycles. The summed E-state index contributed by atoms with van der Waals surface area (Å²) in [6.07, 6.45) is 5.37. The number of carbonyl (C=O) groups is 1. The van der Waals surface area contributed by atoms with Gasteiger partial charge >= 0.3 is 0 Å². The summed E-state index contributed by atoms with van der Waals surface area (Å²) in [7, 11) is 0. The molecule has 1 amide bonds. The summed E-state index contributed by atoms with van der Waals surface area (Å²) in [6.45, 7) is 0.441. The van der Waals surface area contributed by atoms with Gasteiger partial charge in [0.05, 0.1) is 31.4 Å². The fourth-order valence-corrected chi connectivity index (χ4v) is 3.87. The van der Waals surface area contributed by atoms with Gasteiger partial charge in [-0.25, -0.2) is 4.39 Å². The lowest BCUT2D eigenvalue weighted by atomic mass is 9.97. The minimum atomic E-state index is -0.452. The predicted octanol–water partition coefficient (Wildman–Crippen LogP) is 2.14. The summed E-state index contributed by atoms with van der Waals surface area (Å²) < 4.78 is 20.9. The Balaban J connectivity index is 1.26. The molecule has 3 aromatic rings. The average molecular weight is 439 g/mol. The molecule has 1 aliphatic rings. The van der Waals surface area contributed by atoms with Gasteiger partial charge < -0.3 is 15.2 Å². The fourth-order valence-electron chi connectivity index (χ4n) is 3.87. The minimum Gasteiger partial charge on any atom is -0.394 e. The standard InChI is InChI=1S/C23H26FN5O3/c24-17-6-4-16(5-7-17)21-14-29(28-27-21)12-10-19-8-9-20(22(15-30)32-19)26-23(31)13-18-3-1-2-11-25-18/h1-7,11,14,19-20,22,30H,8-10,12-13,15H2,(H,26,31)/t19-,20+,22+/m0/s1. The topological polar surface area (TPSA) is 102 Å². The van der Waals surface area contributed by atoms with Crippen molar-refractivity contribution in [3.05, 3.63) is 66.4 Å². The maximum atomic E-state index is 13.1. The first-order valence-corrected chi connectivity index (χ1v) is 10.7. The highest BCUT2D eigenvalue weighted by Gasteiger charge is 2.31. The normalized spacial score (nSPS) is 20.8. The molecule has 9 heteroatoms. The van der Waals surface area contributed by atoms with Crippen LogP contribution in [0.3, 0.4) is 0 Å². The molecule has 1 fully saturated rings. The summed E-state index contributed by atoms with van der Waals surface area (Å²) in [5.41, 5.74) is 2.18. The van der Waals surface area contributed by atoms with Gasteiger partial charge in [0.1, 0.15) is 17.6 Å². The second-order valence-corrected chi connectivity index (χ2v) is 7.89. The van der Waals surface area contributed by atoms with Crippen LogP contribution in [0.1, 0.15) is 25.0 Å². The summed E-state index contributed by atoms with van der Waals surface area (Å²) in [6, 6.07) is 11.4. The van der Waals surface area contributed by atoms with E-state index in [1.165, 1.54) is 12.1 Å². The van der Waals surface area contributed by atoms with Gasteiger partial charge in [0.15, 0.2) is 0 Å². The zero-order valence-corrected chi connectivity index (χ0v) is 17.6. The van der Waals surface area contributed by atoms with Crippen molar-refractivity contribution in [3.8, 4) is 11.3 Å². The number of rotatable bonds is 8. The van der Waals surface area contributed by atoms with Crippen molar-refractivity contribution >= 4 is 5.91 Å². The van der Waals surface area contributed by atoms with Gasteiger partial charge in [-0.05, 0) is 55.7 Å². The van der Waals surface area contributed by atoms with Crippen molar-refractivity contribution in [2.24, 2.45) is 0 Å². The van der Waals surface area contributed by atoms with E-state index in [0.717, 1.165) is 18.4 Å². The van der Waals surface area contributed by atoms with Gasteiger partial charge in [-0.2, -0.15) is 0 Å². The Morgan fingerprint density at radius 3 is 2.81 bits per heavy atom. The van der Waals surface area contributed by atoms with E-state index in [9.17, 15) is 14.3 Å². The van der Waals surface area contributed by atoms with Crippen LogP contribution in [0.15, 0.2) is 54.9 Å². The molecule has 0 bridgehead atoms. The lowest BCUT2D eigenvalue weighted by Gasteiger charge is -2.36. The van der Waals surface area contributed by atoms with Crippen molar-refractivity contribution in [1.82, 2.24) is 25.3 Å². The van der Waals surface area contributed by atoms with Crippen LogP contribution in [0.5, 0.6) is 0 Å². The molecule has 4 rings (SSSR count). The second kappa shape index (κ2) is 10.4. The molecule has 0 saturated carbocycles. The third kappa shape index (κ3) is 5.74. The van der Waals surface area contributed by atoms with Crippen LogP contribution < -0.4 is 5.32 Å². The number of benzene rings is 1. The molecule has 0 radical (unpaired) electrons. The Hall–Kier alpha value is -3.17. The van der Waals surface area contributed by atoms with E-state index in [4.69, 9.17) is 4.74 Å². The number of amides is 1. The quantitative estimate of drug-likeness (QED) is 0.558. The highest BCUT2D eigenvalue weighted by Crippen LogP contribution is 2.23. The lowest BCUT2D eigenvalue weighted by molar-refractivity contribution is -0.128. The molecule has 2 N–H and O–H groups in total. The molecule has 1 aliphatic heterocycles. The molecule has 3 heterocycles. The largest absolute Gasteiger partial charge is 0.394 e. The molecule has 8 nitrogen and oxygen atoms in total. The number of aliphatic hydroxyl groups is 1. The predicted molar refractivity (Wildman–Crippen MR) is 115 cm³/mol. The monoisotopic (exact) mass is 439 g/mol. The average Bonchev–Trinajstić information content (AvgIpc) is 3.28. The summed E-state index contributed by atoms with van der Waals surface area (Å²) in [5.74, 6) is -0.426. The molecule has 3 atom stereocenters. The number of hydrogen-bond acceptors (Lipinski definition) is 6. The number of hydrogen-bond donors (Lipinski definition) is 2. The molecule has 1 aromatic carbocycles. The van der Waals surface area contributed by atoms with Crippen molar-refractivity contribution < 1.29 is 19.0 Å². The van der Waals surface area contributed by atoms with Gasteiger partial charge in [-0.15, -0.1) is 5.10 Å². The fraction of sp³-hybridized carbons (Fsp3) is 0.391. The molecule has 168 valence electrons. The SMILES string of the molecule is O=C(Cc1ccccn1)N[C@@H]1CC[C@@H](CCn2cc(-c3ccc(F)cc3)nn2)O[C@@H]1CO. The van der Waals surface area contributed by atoms with Crippen LogP contribution in [-0.4, -0.2) is 55.8 Å². The van der Waals surface area contributed by atoms with E-state index in [1.807, 2.05) is 18.3 Å². The van der Waals surface area contributed by atoms with E-state index < -0.39 is 6.10 Å². The second-order valence-electron chi connectivity index (χ2n) is 7.89. The van der Waals surface area contributed by atoms with E-state index >= 15 is 0 Å². The summed E-state index contributed by atoms with van der Waals surface area (Å²) in [4.78, 5) is 16.5. The maximum Gasteiger partial charge on any atom is 0.226 e. The highest BCUT2D eigenvalue weighted by atomic mass is 19.1. The Labute approximate surface area is 185 Å². The first-order valence-electron chi connectivity index (χ1n) is 10.7. The third-order valence-corrected chi connectivity index (χ3v) is 5.57. The molecule has 2 aromatic heterocycles. The van der Waals surface area contributed by atoms with Crippen molar-refractivity contribution in [2.75, 3.05) is 6.61 Å². The van der Waals surface area contributed by atoms with E-state index in [1.54, 1.807) is 29.1 Å². The van der Waals surface area contributed by atoms with Gasteiger partial charge in [0, 0.05) is 24.0 Å². The van der Waals surface area contributed by atoms with Crippen molar-refractivity contribution in [2.45, 2.75) is 50.5 Å². The van der Waals surface area contributed by atoms with Crippen LogP contribution in [-0.2, 0) is 22.5 Å². The van der Waals surface area contributed by atoms with Gasteiger partial charge in [0.2, 0.25) is 5.91 Å².